The van der Waals surface area contributed by atoms with Gasteiger partial charge in [-0.2, -0.15) is 0 Å². The van der Waals surface area contributed by atoms with Crippen molar-refractivity contribution in [2.45, 2.75) is 27.7 Å². The SMILES string of the molecule is C=Cc1nc(N)sc1C=C.CC.CC. The summed E-state index contributed by atoms with van der Waals surface area (Å²) in [5, 5.41) is 0.560. The van der Waals surface area contributed by atoms with Gasteiger partial charge in [0.1, 0.15) is 0 Å². The molecule has 0 amide bonds. The van der Waals surface area contributed by atoms with Crippen LogP contribution in [0, 0.1) is 0 Å². The first kappa shape index (κ1) is 15.4. The van der Waals surface area contributed by atoms with Gasteiger partial charge < -0.3 is 5.73 Å². The van der Waals surface area contributed by atoms with Crippen molar-refractivity contribution in [1.82, 2.24) is 4.98 Å². The highest BCUT2D eigenvalue weighted by Crippen LogP contribution is 2.21. The largest absolute Gasteiger partial charge is 0.375 e. The van der Waals surface area contributed by atoms with Gasteiger partial charge in [-0.05, 0) is 12.2 Å². The van der Waals surface area contributed by atoms with E-state index in [2.05, 4.69) is 18.1 Å². The van der Waals surface area contributed by atoms with Gasteiger partial charge in [0.25, 0.3) is 0 Å². The number of hydrogen-bond acceptors (Lipinski definition) is 3. The summed E-state index contributed by atoms with van der Waals surface area (Å²) >= 11 is 1.42. The molecule has 80 valence electrons. The maximum atomic E-state index is 5.44. The van der Waals surface area contributed by atoms with Crippen LogP contribution >= 0.6 is 11.3 Å². The average Bonchev–Trinajstić information content (AvgIpc) is 2.64. The lowest BCUT2D eigenvalue weighted by Crippen LogP contribution is -1.80. The Labute approximate surface area is 91.2 Å². The number of anilines is 1. The van der Waals surface area contributed by atoms with Gasteiger partial charge >= 0.3 is 0 Å². The molecule has 3 heteroatoms. The molecule has 0 spiro atoms. The molecule has 0 radical (unpaired) electrons. The van der Waals surface area contributed by atoms with E-state index in [0.29, 0.717) is 5.13 Å². The summed E-state index contributed by atoms with van der Waals surface area (Å²) < 4.78 is 0. The molecule has 0 aliphatic heterocycles. The van der Waals surface area contributed by atoms with Crippen LogP contribution in [0.2, 0.25) is 0 Å². The Morgan fingerprint density at radius 1 is 1.14 bits per heavy atom. The van der Waals surface area contributed by atoms with Gasteiger partial charge in [-0.25, -0.2) is 4.98 Å². The molecule has 2 N–H and O–H groups in total. The molecule has 0 aliphatic carbocycles. The summed E-state index contributed by atoms with van der Waals surface area (Å²) in [7, 11) is 0. The van der Waals surface area contributed by atoms with Crippen LogP contribution in [0.1, 0.15) is 38.3 Å². The molecule has 0 saturated carbocycles. The van der Waals surface area contributed by atoms with Crippen molar-refractivity contribution in [3.05, 3.63) is 23.7 Å². The first-order valence-corrected chi connectivity index (χ1v) is 5.60. The minimum absolute atomic E-state index is 0.560. The van der Waals surface area contributed by atoms with E-state index in [9.17, 15) is 0 Å². The fraction of sp³-hybridized carbons (Fsp3) is 0.364. The topological polar surface area (TPSA) is 38.9 Å². The summed E-state index contributed by atoms with van der Waals surface area (Å²) in [6.45, 7) is 15.2. The number of nitrogens with two attached hydrogens (primary N) is 1. The third kappa shape index (κ3) is 4.82. The van der Waals surface area contributed by atoms with E-state index < -0.39 is 0 Å². The molecule has 1 aromatic rings. The van der Waals surface area contributed by atoms with Gasteiger partial charge in [-0.15, -0.1) is 0 Å². The normalized spacial score (nSPS) is 7.43. The van der Waals surface area contributed by atoms with Crippen molar-refractivity contribution in [3.8, 4) is 0 Å². The molecule has 0 unspecified atom stereocenters. The Bertz CT molecular complexity index is 239. The molecule has 1 aromatic heterocycles. The Hall–Kier alpha value is -1.09. The van der Waals surface area contributed by atoms with Gasteiger partial charge in [-0.3, -0.25) is 0 Å². The van der Waals surface area contributed by atoms with E-state index >= 15 is 0 Å². The lowest BCUT2D eigenvalue weighted by atomic mass is 10.3. The van der Waals surface area contributed by atoms with Crippen molar-refractivity contribution in [2.75, 3.05) is 5.73 Å². The molecule has 0 fully saturated rings. The van der Waals surface area contributed by atoms with Crippen molar-refractivity contribution in [3.63, 3.8) is 0 Å². The highest BCUT2D eigenvalue weighted by molar-refractivity contribution is 7.16. The predicted molar refractivity (Wildman–Crippen MR) is 69.4 cm³/mol. The Morgan fingerprint density at radius 2 is 1.64 bits per heavy atom. The summed E-state index contributed by atoms with van der Waals surface area (Å²) in [6.07, 6.45) is 3.40. The van der Waals surface area contributed by atoms with E-state index in [-0.39, 0.29) is 0 Å². The van der Waals surface area contributed by atoms with E-state index in [1.54, 1.807) is 12.2 Å². The first-order valence-electron chi connectivity index (χ1n) is 4.79. The minimum Gasteiger partial charge on any atom is -0.375 e. The van der Waals surface area contributed by atoms with Gasteiger partial charge in [0.15, 0.2) is 5.13 Å². The molecule has 0 bridgehead atoms. The molecule has 14 heavy (non-hydrogen) atoms. The zero-order valence-electron chi connectivity index (χ0n) is 9.50. The van der Waals surface area contributed by atoms with Crippen molar-refractivity contribution in [2.24, 2.45) is 0 Å². The lowest BCUT2D eigenvalue weighted by Gasteiger charge is -1.82. The van der Waals surface area contributed by atoms with Crippen LogP contribution in [0.15, 0.2) is 13.2 Å². The molecular weight excluding hydrogens is 192 g/mol. The van der Waals surface area contributed by atoms with Crippen molar-refractivity contribution in [1.29, 1.82) is 0 Å². The lowest BCUT2D eigenvalue weighted by molar-refractivity contribution is 1.38. The van der Waals surface area contributed by atoms with Crippen LogP contribution < -0.4 is 5.73 Å². The minimum atomic E-state index is 0.560. The molecule has 0 saturated heterocycles. The van der Waals surface area contributed by atoms with Gasteiger partial charge in [0.2, 0.25) is 0 Å². The van der Waals surface area contributed by atoms with Crippen LogP contribution in [0.3, 0.4) is 0 Å². The van der Waals surface area contributed by atoms with Crippen LogP contribution in [0.25, 0.3) is 12.2 Å². The average molecular weight is 212 g/mol. The Morgan fingerprint density at radius 3 is 1.93 bits per heavy atom. The van der Waals surface area contributed by atoms with E-state index in [4.69, 9.17) is 5.73 Å². The zero-order chi connectivity index (χ0) is 11.6. The summed E-state index contributed by atoms with van der Waals surface area (Å²) in [5.41, 5.74) is 6.26. The molecule has 2 nitrogen and oxygen atoms in total. The number of hydrogen-bond donors (Lipinski definition) is 1. The van der Waals surface area contributed by atoms with E-state index in [1.807, 2.05) is 27.7 Å². The van der Waals surface area contributed by atoms with Gasteiger partial charge in [-0.1, -0.05) is 52.2 Å². The summed E-state index contributed by atoms with van der Waals surface area (Å²) in [6, 6.07) is 0. The molecule has 1 rings (SSSR count). The quantitative estimate of drug-likeness (QED) is 0.802. The predicted octanol–water partition coefficient (Wildman–Crippen LogP) is 4.06. The highest BCUT2D eigenvalue weighted by Gasteiger charge is 2.00. The second-order valence-corrected chi connectivity index (χ2v) is 2.77. The second-order valence-electron chi connectivity index (χ2n) is 1.71. The molecule has 0 atom stereocenters. The van der Waals surface area contributed by atoms with Crippen LogP contribution in [0.5, 0.6) is 0 Å². The van der Waals surface area contributed by atoms with E-state index in [0.717, 1.165) is 10.6 Å². The monoisotopic (exact) mass is 212 g/mol. The number of nitrogens with zero attached hydrogens (tertiary/aromatic N) is 1. The third-order valence-corrected chi connectivity index (χ3v) is 1.97. The summed E-state index contributed by atoms with van der Waals surface area (Å²) in [4.78, 5) is 4.99. The molecular formula is C11H20N2S. The maximum Gasteiger partial charge on any atom is 0.181 e. The molecule has 0 aliphatic rings. The number of thiazole rings is 1. The standard InChI is InChI=1S/C7H8N2S.2C2H6/c1-3-5-6(4-2)10-7(8)9-5;2*1-2/h3-4H,1-2H2,(H2,8,9);2*1-2H3. The van der Waals surface area contributed by atoms with E-state index in [1.165, 1.54) is 11.3 Å². The number of aromatic nitrogens is 1. The van der Waals surface area contributed by atoms with Crippen LogP contribution in [-0.4, -0.2) is 4.98 Å². The summed E-state index contributed by atoms with van der Waals surface area (Å²) in [5.74, 6) is 0. The highest BCUT2D eigenvalue weighted by atomic mass is 32.1. The second kappa shape index (κ2) is 9.99. The zero-order valence-corrected chi connectivity index (χ0v) is 10.3. The number of rotatable bonds is 2. The van der Waals surface area contributed by atoms with Crippen molar-refractivity contribution >= 4 is 28.6 Å². The Kier molecular flexibility index (Phi) is 11.0. The maximum absolute atomic E-state index is 5.44. The fourth-order valence-electron chi connectivity index (χ4n) is 0.654. The fourth-order valence-corrected chi connectivity index (χ4v) is 1.34. The Balaban J connectivity index is 0. The van der Waals surface area contributed by atoms with Gasteiger partial charge in [0, 0.05) is 0 Å². The first-order chi connectivity index (χ1) is 6.77. The number of nitrogen functional groups attached to an aromatic ring is 1. The molecule has 0 aromatic carbocycles. The van der Waals surface area contributed by atoms with Crippen LogP contribution in [0.4, 0.5) is 5.13 Å². The van der Waals surface area contributed by atoms with Crippen molar-refractivity contribution < 1.29 is 0 Å². The van der Waals surface area contributed by atoms with Crippen LogP contribution in [-0.2, 0) is 0 Å². The third-order valence-electron chi connectivity index (χ3n) is 1.08. The smallest absolute Gasteiger partial charge is 0.181 e. The van der Waals surface area contributed by atoms with Gasteiger partial charge in [0.05, 0.1) is 10.6 Å². The molecule has 1 heterocycles.